The first kappa shape index (κ1) is 44.0. The van der Waals surface area contributed by atoms with Gasteiger partial charge in [-0.2, -0.15) is 0 Å². The third-order valence-corrected chi connectivity index (χ3v) is 15.6. The average Bonchev–Trinajstić information content (AvgIpc) is 4.04. The topological polar surface area (TPSA) is 36.0 Å². The summed E-state index contributed by atoms with van der Waals surface area (Å²) >= 11 is 0. The maximum atomic E-state index is 6.87. The van der Waals surface area contributed by atoms with Gasteiger partial charge in [0.25, 0.3) is 6.71 Å². The van der Waals surface area contributed by atoms with Crippen LogP contribution < -0.4 is 31.1 Å². The SMILES string of the molecule is CC(C)(C)c1ccc(N2c3cc(N(c4cccc(-c5ccccc5)c4)c4cccc5c4oc4ccccc45)ccc3B3c4cc5oc6ccccc6c5cc4N(c4ccc(C(C)(C)C)cc4)c4cccc2c43)cc1. The third kappa shape index (κ3) is 6.92. The molecular formula is C68H54BN3O2. The predicted octanol–water partition coefficient (Wildman–Crippen LogP) is 17.3. The van der Waals surface area contributed by atoms with Crippen LogP contribution in [0.4, 0.5) is 51.2 Å². The van der Waals surface area contributed by atoms with E-state index in [2.05, 4.69) is 269 Å². The Morgan fingerprint density at radius 2 is 0.919 bits per heavy atom. The lowest BCUT2D eigenvalue weighted by molar-refractivity contribution is 0.590. The van der Waals surface area contributed by atoms with E-state index in [1.165, 1.54) is 27.5 Å². The molecule has 0 bridgehead atoms. The van der Waals surface area contributed by atoms with Crippen molar-refractivity contribution < 1.29 is 8.83 Å². The van der Waals surface area contributed by atoms with E-state index in [4.69, 9.17) is 8.83 Å². The van der Waals surface area contributed by atoms with Crippen LogP contribution in [0.3, 0.4) is 0 Å². The average molecular weight is 956 g/mol. The molecule has 0 atom stereocenters. The first-order chi connectivity index (χ1) is 36.0. The Bertz CT molecular complexity index is 4180. The molecule has 0 fully saturated rings. The van der Waals surface area contributed by atoms with Crippen molar-refractivity contribution in [2.24, 2.45) is 0 Å². The van der Waals surface area contributed by atoms with Crippen LogP contribution in [0, 0.1) is 0 Å². The standard InChI is InChI=1S/C68H54BN3O2/c1-67(2,3)45-29-33-47(34-30-45)71-57-24-16-25-58-65(57)69(56-42-64-54(52-22-11-12-27-62(52)73-64)41-61(56)72(58)48-35-31-46(32-36-48)68(4,5)6)55-38-37-50(40-60(55)71)70(49-20-14-19-44(39-49)43-17-8-7-9-18-43)59-26-15-23-53-51-21-10-13-28-63(51)74-66(53)59/h7-42H,1-6H3. The van der Waals surface area contributed by atoms with Gasteiger partial charge in [0.15, 0.2) is 5.58 Å². The molecule has 0 aliphatic carbocycles. The summed E-state index contributed by atoms with van der Waals surface area (Å²) in [6, 6.07) is 80.0. The van der Waals surface area contributed by atoms with Gasteiger partial charge in [-0.3, -0.25) is 0 Å². The fourth-order valence-electron chi connectivity index (χ4n) is 11.8. The van der Waals surface area contributed by atoms with Gasteiger partial charge < -0.3 is 23.5 Å². The minimum atomic E-state index is -0.123. The molecule has 10 aromatic carbocycles. The van der Waals surface area contributed by atoms with Crippen LogP contribution in [0.1, 0.15) is 52.7 Å². The van der Waals surface area contributed by atoms with Crippen molar-refractivity contribution >= 4 is 118 Å². The lowest BCUT2D eigenvalue weighted by Gasteiger charge is -2.44. The lowest BCUT2D eigenvalue weighted by Crippen LogP contribution is -2.61. The van der Waals surface area contributed by atoms with Crippen molar-refractivity contribution in [1.29, 1.82) is 0 Å². The number of fused-ring (bicyclic) bond motifs is 10. The minimum Gasteiger partial charge on any atom is -0.456 e. The molecular weight excluding hydrogens is 902 g/mol. The van der Waals surface area contributed by atoms with Crippen LogP contribution >= 0.6 is 0 Å². The summed E-state index contributed by atoms with van der Waals surface area (Å²) in [5.41, 5.74) is 21.8. The number of hydrogen-bond donors (Lipinski definition) is 0. The first-order valence-electron chi connectivity index (χ1n) is 25.9. The monoisotopic (exact) mass is 955 g/mol. The molecule has 74 heavy (non-hydrogen) atoms. The molecule has 4 heterocycles. The third-order valence-electron chi connectivity index (χ3n) is 15.6. The molecule has 2 aliphatic rings. The molecule has 0 N–H and O–H groups in total. The van der Waals surface area contributed by atoms with Gasteiger partial charge in [0, 0.05) is 67.0 Å². The van der Waals surface area contributed by atoms with E-state index in [9.17, 15) is 0 Å². The van der Waals surface area contributed by atoms with Crippen LogP contribution in [-0.2, 0) is 10.8 Å². The van der Waals surface area contributed by atoms with E-state index in [0.29, 0.717) is 0 Å². The van der Waals surface area contributed by atoms with Crippen molar-refractivity contribution in [1.82, 2.24) is 0 Å². The fourth-order valence-corrected chi connectivity index (χ4v) is 11.8. The van der Waals surface area contributed by atoms with Gasteiger partial charge >= 0.3 is 0 Å². The Labute approximate surface area is 432 Å². The summed E-state index contributed by atoms with van der Waals surface area (Å²) in [4.78, 5) is 7.39. The number of hydrogen-bond acceptors (Lipinski definition) is 5. The van der Waals surface area contributed by atoms with Crippen LogP contribution in [0.25, 0.3) is 55.0 Å². The number of para-hydroxylation sites is 3. The molecule has 12 aromatic rings. The van der Waals surface area contributed by atoms with Gasteiger partial charge in [0.05, 0.1) is 5.69 Å². The second-order valence-corrected chi connectivity index (χ2v) is 22.2. The minimum absolute atomic E-state index is 0.0102. The number of anilines is 9. The number of benzene rings is 10. The normalized spacial score (nSPS) is 13.2. The summed E-state index contributed by atoms with van der Waals surface area (Å²) in [6.45, 7) is 13.6. The number of rotatable bonds is 6. The van der Waals surface area contributed by atoms with Crippen molar-refractivity contribution in [3.8, 4) is 11.1 Å². The molecule has 0 saturated heterocycles. The van der Waals surface area contributed by atoms with E-state index in [0.717, 1.165) is 106 Å². The molecule has 6 heteroatoms. The van der Waals surface area contributed by atoms with Crippen molar-refractivity contribution in [2.75, 3.05) is 14.7 Å². The van der Waals surface area contributed by atoms with Crippen LogP contribution in [0.15, 0.2) is 227 Å². The lowest BCUT2D eigenvalue weighted by atomic mass is 9.33. The fraction of sp³-hybridized carbons (Fsp3) is 0.118. The predicted molar refractivity (Wildman–Crippen MR) is 313 cm³/mol. The largest absolute Gasteiger partial charge is 0.456 e. The van der Waals surface area contributed by atoms with Crippen molar-refractivity contribution in [3.05, 3.63) is 230 Å². The van der Waals surface area contributed by atoms with E-state index in [1.807, 2.05) is 6.07 Å². The molecule has 0 spiro atoms. The second-order valence-electron chi connectivity index (χ2n) is 22.2. The summed E-state index contributed by atoms with van der Waals surface area (Å²) in [5, 5.41) is 4.40. The molecule has 356 valence electrons. The molecule has 5 nitrogen and oxygen atoms in total. The Morgan fingerprint density at radius 3 is 1.58 bits per heavy atom. The maximum Gasteiger partial charge on any atom is 0.252 e. The van der Waals surface area contributed by atoms with Crippen molar-refractivity contribution in [2.45, 2.75) is 52.4 Å². The molecule has 0 amide bonds. The van der Waals surface area contributed by atoms with Gasteiger partial charge in [0.2, 0.25) is 0 Å². The Morgan fingerprint density at radius 1 is 0.378 bits per heavy atom. The van der Waals surface area contributed by atoms with Gasteiger partial charge in [0.1, 0.15) is 16.7 Å². The maximum absolute atomic E-state index is 6.87. The zero-order chi connectivity index (χ0) is 50.0. The zero-order valence-corrected chi connectivity index (χ0v) is 42.5. The Hall–Kier alpha value is -8.74. The van der Waals surface area contributed by atoms with Crippen LogP contribution in [0.2, 0.25) is 0 Å². The van der Waals surface area contributed by atoms with Gasteiger partial charge in [-0.1, -0.05) is 169 Å². The summed E-state index contributed by atoms with van der Waals surface area (Å²) in [5.74, 6) is 0. The van der Waals surface area contributed by atoms with Crippen molar-refractivity contribution in [3.63, 3.8) is 0 Å². The quantitative estimate of drug-likeness (QED) is 0.155. The highest BCUT2D eigenvalue weighted by Gasteiger charge is 2.44. The first-order valence-corrected chi connectivity index (χ1v) is 25.9. The smallest absolute Gasteiger partial charge is 0.252 e. The molecule has 14 rings (SSSR count). The molecule has 2 aromatic heterocycles. The zero-order valence-electron chi connectivity index (χ0n) is 42.5. The number of nitrogens with zero attached hydrogens (tertiary/aromatic N) is 3. The highest BCUT2D eigenvalue weighted by molar-refractivity contribution is 7.00. The molecule has 0 saturated carbocycles. The number of furan rings is 2. The molecule has 0 unspecified atom stereocenters. The Kier molecular flexibility index (Phi) is 9.75. The van der Waals surface area contributed by atoms with E-state index in [-0.39, 0.29) is 17.5 Å². The van der Waals surface area contributed by atoms with E-state index in [1.54, 1.807) is 0 Å². The van der Waals surface area contributed by atoms with Crippen LogP contribution in [0.5, 0.6) is 0 Å². The summed E-state index contributed by atoms with van der Waals surface area (Å²) < 4.78 is 13.6. The van der Waals surface area contributed by atoms with E-state index >= 15 is 0 Å². The second kappa shape index (κ2) is 16.4. The van der Waals surface area contributed by atoms with Crippen LogP contribution in [-0.4, -0.2) is 6.71 Å². The highest BCUT2D eigenvalue weighted by atomic mass is 16.3. The van der Waals surface area contributed by atoms with Gasteiger partial charge in [-0.05, 0) is 140 Å². The molecule has 2 aliphatic heterocycles. The summed E-state index contributed by atoms with van der Waals surface area (Å²) in [7, 11) is 0. The molecule has 0 radical (unpaired) electrons. The van der Waals surface area contributed by atoms with Gasteiger partial charge in [-0.15, -0.1) is 0 Å². The summed E-state index contributed by atoms with van der Waals surface area (Å²) in [6.07, 6.45) is 0. The van der Waals surface area contributed by atoms with E-state index < -0.39 is 0 Å². The Balaban J connectivity index is 1.04. The van der Waals surface area contributed by atoms with Gasteiger partial charge in [-0.25, -0.2) is 0 Å². The highest BCUT2D eigenvalue weighted by Crippen LogP contribution is 2.49.